The van der Waals surface area contributed by atoms with Crippen LogP contribution < -0.4 is 0 Å². The molecule has 86 valence electrons. The molecule has 0 bridgehead atoms. The van der Waals surface area contributed by atoms with Crippen LogP contribution in [0.2, 0.25) is 0 Å². The number of rotatable bonds is 2. The SMILES string of the molecule is CN1CCN(C(=O)CC(=O)N(C)C)CC1. The van der Waals surface area contributed by atoms with Crippen LogP contribution >= 0.6 is 0 Å². The molecule has 0 spiro atoms. The molecule has 1 aliphatic rings. The molecule has 0 unspecified atom stereocenters. The lowest BCUT2D eigenvalue weighted by Gasteiger charge is -2.32. The average molecular weight is 213 g/mol. The van der Waals surface area contributed by atoms with Gasteiger partial charge in [0.25, 0.3) is 0 Å². The van der Waals surface area contributed by atoms with Gasteiger partial charge in [-0.05, 0) is 7.05 Å². The number of nitrogens with zero attached hydrogens (tertiary/aromatic N) is 3. The van der Waals surface area contributed by atoms with E-state index in [4.69, 9.17) is 0 Å². The smallest absolute Gasteiger partial charge is 0.232 e. The minimum Gasteiger partial charge on any atom is -0.348 e. The molecule has 0 aromatic carbocycles. The highest BCUT2D eigenvalue weighted by Gasteiger charge is 2.21. The van der Waals surface area contributed by atoms with E-state index in [0.717, 1.165) is 26.2 Å². The first-order valence-electron chi connectivity index (χ1n) is 5.17. The van der Waals surface area contributed by atoms with Crippen molar-refractivity contribution in [2.24, 2.45) is 0 Å². The van der Waals surface area contributed by atoms with Gasteiger partial charge >= 0.3 is 0 Å². The summed E-state index contributed by atoms with van der Waals surface area (Å²) in [5.41, 5.74) is 0. The fraction of sp³-hybridized carbons (Fsp3) is 0.800. The Balaban J connectivity index is 2.37. The summed E-state index contributed by atoms with van der Waals surface area (Å²) in [5, 5.41) is 0. The Kier molecular flexibility index (Phi) is 4.08. The van der Waals surface area contributed by atoms with E-state index in [9.17, 15) is 9.59 Å². The Morgan fingerprint density at radius 3 is 2.13 bits per heavy atom. The number of likely N-dealkylation sites (N-methyl/N-ethyl adjacent to an activating group) is 1. The molecule has 1 rings (SSSR count). The molecule has 2 amide bonds. The van der Waals surface area contributed by atoms with Gasteiger partial charge in [-0.2, -0.15) is 0 Å². The van der Waals surface area contributed by atoms with Gasteiger partial charge in [0.05, 0.1) is 0 Å². The summed E-state index contributed by atoms with van der Waals surface area (Å²) in [6, 6.07) is 0. The predicted molar refractivity (Wildman–Crippen MR) is 57.4 cm³/mol. The molecule has 0 atom stereocenters. The van der Waals surface area contributed by atoms with E-state index >= 15 is 0 Å². The third-order valence-corrected chi connectivity index (χ3v) is 2.66. The van der Waals surface area contributed by atoms with Crippen molar-refractivity contribution in [3.05, 3.63) is 0 Å². The molecular weight excluding hydrogens is 194 g/mol. The van der Waals surface area contributed by atoms with Gasteiger partial charge in [-0.25, -0.2) is 0 Å². The van der Waals surface area contributed by atoms with Crippen molar-refractivity contribution in [1.82, 2.24) is 14.7 Å². The van der Waals surface area contributed by atoms with Crippen LogP contribution in [0.1, 0.15) is 6.42 Å². The molecule has 0 aliphatic carbocycles. The quantitative estimate of drug-likeness (QED) is 0.566. The molecule has 1 aliphatic heterocycles. The zero-order chi connectivity index (χ0) is 11.4. The van der Waals surface area contributed by atoms with Crippen LogP contribution in [0.25, 0.3) is 0 Å². The lowest BCUT2D eigenvalue weighted by Crippen LogP contribution is -2.48. The molecule has 1 heterocycles. The molecule has 5 nitrogen and oxygen atoms in total. The highest BCUT2D eigenvalue weighted by atomic mass is 16.2. The first-order chi connectivity index (χ1) is 7.00. The largest absolute Gasteiger partial charge is 0.348 e. The Labute approximate surface area is 90.6 Å². The second-order valence-corrected chi connectivity index (χ2v) is 4.15. The molecule has 15 heavy (non-hydrogen) atoms. The number of hydrogen-bond acceptors (Lipinski definition) is 3. The molecule has 1 fully saturated rings. The fourth-order valence-electron chi connectivity index (χ4n) is 1.46. The van der Waals surface area contributed by atoms with Crippen molar-refractivity contribution in [1.29, 1.82) is 0 Å². The van der Waals surface area contributed by atoms with Crippen molar-refractivity contribution < 1.29 is 9.59 Å². The number of carbonyl (C=O) groups excluding carboxylic acids is 2. The van der Waals surface area contributed by atoms with Gasteiger partial charge in [0, 0.05) is 40.3 Å². The maximum absolute atomic E-state index is 11.7. The van der Waals surface area contributed by atoms with Crippen molar-refractivity contribution in [2.75, 3.05) is 47.3 Å². The fourth-order valence-corrected chi connectivity index (χ4v) is 1.46. The van der Waals surface area contributed by atoms with Crippen LogP contribution in [0, 0.1) is 0 Å². The van der Waals surface area contributed by atoms with Crippen LogP contribution in [0.4, 0.5) is 0 Å². The Hall–Kier alpha value is -1.10. The van der Waals surface area contributed by atoms with Crippen LogP contribution in [0.5, 0.6) is 0 Å². The van der Waals surface area contributed by atoms with E-state index < -0.39 is 0 Å². The Bertz CT molecular complexity index is 245. The van der Waals surface area contributed by atoms with Gasteiger partial charge in [0.1, 0.15) is 6.42 Å². The van der Waals surface area contributed by atoms with Crippen molar-refractivity contribution in [3.8, 4) is 0 Å². The zero-order valence-corrected chi connectivity index (χ0v) is 9.69. The number of carbonyl (C=O) groups is 2. The third-order valence-electron chi connectivity index (χ3n) is 2.66. The standard InChI is InChI=1S/C10H19N3O2/c1-11(2)9(14)8-10(15)13-6-4-12(3)5-7-13/h4-8H2,1-3H3. The van der Waals surface area contributed by atoms with E-state index in [1.165, 1.54) is 4.90 Å². The molecule has 0 saturated carbocycles. The molecule has 5 heteroatoms. The number of amides is 2. The monoisotopic (exact) mass is 213 g/mol. The van der Waals surface area contributed by atoms with Gasteiger partial charge in [-0.3, -0.25) is 9.59 Å². The summed E-state index contributed by atoms with van der Waals surface area (Å²) in [5.74, 6) is -0.180. The lowest BCUT2D eigenvalue weighted by molar-refractivity contribution is -0.140. The zero-order valence-electron chi connectivity index (χ0n) is 9.69. The summed E-state index contributed by atoms with van der Waals surface area (Å²) in [4.78, 5) is 28.4. The van der Waals surface area contributed by atoms with Crippen LogP contribution in [0.15, 0.2) is 0 Å². The lowest BCUT2D eigenvalue weighted by atomic mass is 10.2. The third kappa shape index (κ3) is 3.51. The Morgan fingerprint density at radius 1 is 1.13 bits per heavy atom. The highest BCUT2D eigenvalue weighted by Crippen LogP contribution is 2.02. The predicted octanol–water partition coefficient (Wildman–Crippen LogP) is -0.761. The minimum atomic E-state index is -0.126. The van der Waals surface area contributed by atoms with Crippen LogP contribution in [0.3, 0.4) is 0 Å². The van der Waals surface area contributed by atoms with Gasteiger partial charge in [-0.1, -0.05) is 0 Å². The number of piperazine rings is 1. The molecule has 0 radical (unpaired) electrons. The van der Waals surface area contributed by atoms with Gasteiger partial charge in [0.2, 0.25) is 11.8 Å². The highest BCUT2D eigenvalue weighted by molar-refractivity contribution is 5.96. The summed E-state index contributed by atoms with van der Waals surface area (Å²) in [6.45, 7) is 3.25. The van der Waals surface area contributed by atoms with Crippen molar-refractivity contribution in [2.45, 2.75) is 6.42 Å². The molecular formula is C10H19N3O2. The van der Waals surface area contributed by atoms with E-state index in [0.29, 0.717) is 0 Å². The maximum atomic E-state index is 11.7. The van der Waals surface area contributed by atoms with Crippen molar-refractivity contribution >= 4 is 11.8 Å². The van der Waals surface area contributed by atoms with E-state index in [2.05, 4.69) is 4.90 Å². The first kappa shape index (κ1) is 12.0. The Morgan fingerprint density at radius 2 is 1.67 bits per heavy atom. The summed E-state index contributed by atoms with van der Waals surface area (Å²) < 4.78 is 0. The topological polar surface area (TPSA) is 43.9 Å². The van der Waals surface area contributed by atoms with E-state index in [1.54, 1.807) is 19.0 Å². The van der Waals surface area contributed by atoms with Crippen molar-refractivity contribution in [3.63, 3.8) is 0 Å². The van der Waals surface area contributed by atoms with E-state index in [1.807, 2.05) is 7.05 Å². The van der Waals surface area contributed by atoms with E-state index in [-0.39, 0.29) is 18.2 Å². The van der Waals surface area contributed by atoms with Gasteiger partial charge in [0.15, 0.2) is 0 Å². The van der Waals surface area contributed by atoms with Gasteiger partial charge in [-0.15, -0.1) is 0 Å². The summed E-state index contributed by atoms with van der Waals surface area (Å²) >= 11 is 0. The summed E-state index contributed by atoms with van der Waals surface area (Å²) in [7, 11) is 5.37. The average Bonchev–Trinajstić information content (AvgIpc) is 2.18. The van der Waals surface area contributed by atoms with Gasteiger partial charge < -0.3 is 14.7 Å². The summed E-state index contributed by atoms with van der Waals surface area (Å²) in [6.07, 6.45) is -0.00326. The molecule has 0 N–H and O–H groups in total. The molecule has 0 aromatic heterocycles. The van der Waals surface area contributed by atoms with Crippen LogP contribution in [-0.4, -0.2) is 73.8 Å². The maximum Gasteiger partial charge on any atom is 0.232 e. The second kappa shape index (κ2) is 5.11. The molecule has 1 saturated heterocycles. The molecule has 0 aromatic rings. The first-order valence-corrected chi connectivity index (χ1v) is 5.17. The normalized spacial score (nSPS) is 17.7. The second-order valence-electron chi connectivity index (χ2n) is 4.15. The number of hydrogen-bond donors (Lipinski definition) is 0. The van der Waals surface area contributed by atoms with Crippen LogP contribution in [-0.2, 0) is 9.59 Å². The minimum absolute atomic E-state index is 0.00326.